The molecular weight excluding hydrogens is 1380 g/mol. The van der Waals surface area contributed by atoms with Gasteiger partial charge in [0.05, 0.1) is 26.4 Å². The van der Waals surface area contributed by atoms with Crippen molar-refractivity contribution in [3.63, 3.8) is 0 Å². The van der Waals surface area contributed by atoms with Gasteiger partial charge >= 0.3 is 39.5 Å². The highest BCUT2D eigenvalue weighted by molar-refractivity contribution is 7.47. The molecule has 0 saturated carbocycles. The number of unbranched alkanes of at least 4 members (excludes halogenated alkanes) is 29. The lowest BCUT2D eigenvalue weighted by Gasteiger charge is -2.21. The maximum Gasteiger partial charge on any atom is 0.472 e. The van der Waals surface area contributed by atoms with Crippen LogP contribution in [0.15, 0.2) is 134 Å². The molecule has 0 aliphatic heterocycles. The average molecular weight is 1530 g/mol. The summed E-state index contributed by atoms with van der Waals surface area (Å²) in [5, 5.41) is 10.7. The van der Waals surface area contributed by atoms with Crippen molar-refractivity contribution in [2.75, 3.05) is 39.6 Å². The third kappa shape index (κ3) is 77.4. The molecule has 0 saturated heterocycles. The van der Waals surface area contributed by atoms with E-state index in [0.717, 1.165) is 180 Å². The number of esters is 4. The van der Waals surface area contributed by atoms with Crippen molar-refractivity contribution < 1.29 is 80.2 Å². The monoisotopic (exact) mass is 1530 g/mol. The van der Waals surface area contributed by atoms with Crippen LogP contribution in [-0.2, 0) is 65.4 Å². The van der Waals surface area contributed by atoms with Crippen LogP contribution < -0.4 is 0 Å². The number of hydrogen-bond acceptors (Lipinski definition) is 15. The quantitative estimate of drug-likeness (QED) is 0.0169. The summed E-state index contributed by atoms with van der Waals surface area (Å²) in [6, 6.07) is 0. The summed E-state index contributed by atoms with van der Waals surface area (Å²) in [6.07, 6.45) is 88.5. The first-order valence-electron chi connectivity index (χ1n) is 41.4. The first kappa shape index (κ1) is 101. The second-order valence-electron chi connectivity index (χ2n) is 27.3. The van der Waals surface area contributed by atoms with Gasteiger partial charge in [-0.1, -0.05) is 303 Å². The van der Waals surface area contributed by atoms with Crippen LogP contribution >= 0.6 is 15.6 Å². The van der Waals surface area contributed by atoms with Gasteiger partial charge in [-0.3, -0.25) is 37.3 Å². The summed E-state index contributed by atoms with van der Waals surface area (Å²) in [6.45, 7) is 4.59. The number of aliphatic hydroxyl groups excluding tert-OH is 1. The van der Waals surface area contributed by atoms with Gasteiger partial charge in [-0.25, -0.2) is 9.13 Å². The second-order valence-corrected chi connectivity index (χ2v) is 30.2. The molecular formula is C87H148O17P2. The Bertz CT molecular complexity index is 2530. The summed E-state index contributed by atoms with van der Waals surface area (Å²) < 4.78 is 68.7. The zero-order valence-electron chi connectivity index (χ0n) is 66.6. The SMILES string of the molecule is CC/C=C\C/C=C\C/C=C\C/C=C\C/C=C\CCCCCC(=O)OC[C@H](COP(=O)(O)OC[C@@H](O)COP(=O)(O)OC[C@@H](COC(=O)CCCCC/C=C\C/C=C\C/C=C\C/C=C\C/C=C\CC)OC(=O)CCCCCCCCCCCCCCC)OC(=O)CCCCCCCCC/C=C\CCCCCC. The Morgan fingerprint density at radius 2 is 0.491 bits per heavy atom. The van der Waals surface area contributed by atoms with Crippen LogP contribution in [0.4, 0.5) is 0 Å². The number of phosphoric ester groups is 2. The van der Waals surface area contributed by atoms with Crippen LogP contribution in [0, 0.1) is 0 Å². The van der Waals surface area contributed by atoms with Crippen LogP contribution in [0.2, 0.25) is 0 Å². The van der Waals surface area contributed by atoms with Crippen molar-refractivity contribution >= 4 is 39.5 Å². The van der Waals surface area contributed by atoms with Crippen LogP contribution in [0.3, 0.4) is 0 Å². The highest BCUT2D eigenvalue weighted by atomic mass is 31.2. The summed E-state index contributed by atoms with van der Waals surface area (Å²) in [5.41, 5.74) is 0. The predicted octanol–water partition coefficient (Wildman–Crippen LogP) is 24.4. The Kier molecular flexibility index (Phi) is 74.8. The maximum atomic E-state index is 13.1. The van der Waals surface area contributed by atoms with E-state index in [1.807, 2.05) is 0 Å². The molecule has 0 bridgehead atoms. The molecule has 0 fully saturated rings. The molecule has 608 valence electrons. The number of allylic oxidation sites excluding steroid dienone is 22. The molecule has 5 atom stereocenters. The van der Waals surface area contributed by atoms with Crippen LogP contribution in [0.5, 0.6) is 0 Å². The minimum atomic E-state index is -4.99. The van der Waals surface area contributed by atoms with Crippen molar-refractivity contribution in [2.45, 2.75) is 354 Å². The highest BCUT2D eigenvalue weighted by Gasteiger charge is 2.30. The minimum absolute atomic E-state index is 0.0798. The molecule has 0 heterocycles. The lowest BCUT2D eigenvalue weighted by Crippen LogP contribution is -2.30. The smallest absolute Gasteiger partial charge is 0.462 e. The molecule has 17 nitrogen and oxygen atoms in total. The average Bonchev–Trinajstić information content (AvgIpc) is 0.933. The first-order chi connectivity index (χ1) is 51.7. The lowest BCUT2D eigenvalue weighted by molar-refractivity contribution is -0.161. The fourth-order valence-electron chi connectivity index (χ4n) is 10.9. The van der Waals surface area contributed by atoms with Gasteiger partial charge in [0.1, 0.15) is 19.3 Å². The fourth-order valence-corrected chi connectivity index (χ4v) is 12.4. The van der Waals surface area contributed by atoms with Gasteiger partial charge in [-0.15, -0.1) is 0 Å². The zero-order valence-corrected chi connectivity index (χ0v) is 68.4. The van der Waals surface area contributed by atoms with Crippen molar-refractivity contribution in [1.29, 1.82) is 0 Å². The van der Waals surface area contributed by atoms with Gasteiger partial charge < -0.3 is 33.8 Å². The minimum Gasteiger partial charge on any atom is -0.462 e. The highest BCUT2D eigenvalue weighted by Crippen LogP contribution is 2.45. The van der Waals surface area contributed by atoms with Crippen molar-refractivity contribution in [2.24, 2.45) is 0 Å². The second kappa shape index (κ2) is 78.3. The van der Waals surface area contributed by atoms with Gasteiger partial charge in [-0.05, 0) is 141 Å². The van der Waals surface area contributed by atoms with Gasteiger partial charge in [0.2, 0.25) is 0 Å². The zero-order chi connectivity index (χ0) is 77.4. The molecule has 2 unspecified atom stereocenters. The Morgan fingerprint density at radius 3 is 0.783 bits per heavy atom. The van der Waals surface area contributed by atoms with E-state index in [2.05, 4.69) is 161 Å². The van der Waals surface area contributed by atoms with Crippen LogP contribution in [0.1, 0.15) is 336 Å². The molecule has 106 heavy (non-hydrogen) atoms. The van der Waals surface area contributed by atoms with E-state index in [-0.39, 0.29) is 25.7 Å². The normalized spacial score (nSPS) is 14.5. The van der Waals surface area contributed by atoms with Crippen molar-refractivity contribution in [3.8, 4) is 0 Å². The van der Waals surface area contributed by atoms with E-state index in [1.165, 1.54) is 77.0 Å². The van der Waals surface area contributed by atoms with E-state index in [1.54, 1.807) is 0 Å². The Balaban J connectivity index is 5.40. The number of ether oxygens (including phenoxy) is 4. The molecule has 0 rings (SSSR count). The summed E-state index contributed by atoms with van der Waals surface area (Å²) >= 11 is 0. The van der Waals surface area contributed by atoms with Crippen LogP contribution in [0.25, 0.3) is 0 Å². The molecule has 0 spiro atoms. The van der Waals surface area contributed by atoms with Gasteiger partial charge in [-0.2, -0.15) is 0 Å². The largest absolute Gasteiger partial charge is 0.472 e. The molecule has 0 aliphatic carbocycles. The van der Waals surface area contributed by atoms with E-state index >= 15 is 0 Å². The molecule has 0 radical (unpaired) electrons. The van der Waals surface area contributed by atoms with E-state index < -0.39 is 97.5 Å². The van der Waals surface area contributed by atoms with E-state index in [9.17, 15) is 43.2 Å². The first-order valence-corrected chi connectivity index (χ1v) is 44.4. The third-order valence-electron chi connectivity index (χ3n) is 17.1. The molecule has 0 aromatic rings. The number of carbonyl (C=O) groups is 4. The van der Waals surface area contributed by atoms with Gasteiger partial charge in [0.15, 0.2) is 12.2 Å². The Hall–Kier alpha value is -4.80. The molecule has 0 amide bonds. The molecule has 0 aliphatic rings. The van der Waals surface area contributed by atoms with Crippen molar-refractivity contribution in [3.05, 3.63) is 134 Å². The topological polar surface area (TPSA) is 237 Å². The Labute approximate surface area is 644 Å². The molecule has 3 N–H and O–H groups in total. The number of rotatable bonds is 77. The van der Waals surface area contributed by atoms with Crippen LogP contribution in [-0.4, -0.2) is 96.7 Å². The fraction of sp³-hybridized carbons (Fsp3) is 0.701. The number of phosphoric acid groups is 2. The van der Waals surface area contributed by atoms with E-state index in [4.69, 9.17) is 37.0 Å². The number of aliphatic hydroxyl groups is 1. The number of carbonyl (C=O) groups excluding carboxylic acids is 4. The Morgan fingerprint density at radius 1 is 0.274 bits per heavy atom. The number of hydrogen-bond donors (Lipinski definition) is 3. The van der Waals surface area contributed by atoms with E-state index in [0.29, 0.717) is 25.7 Å². The van der Waals surface area contributed by atoms with Crippen molar-refractivity contribution in [1.82, 2.24) is 0 Å². The van der Waals surface area contributed by atoms with Gasteiger partial charge in [0.25, 0.3) is 0 Å². The molecule has 0 aromatic carbocycles. The van der Waals surface area contributed by atoms with Gasteiger partial charge in [0, 0.05) is 25.7 Å². The standard InChI is InChI=1S/C87H148O17P2/c1-5-9-13-17-21-25-29-33-36-38-40-42-45-48-51-55-59-63-67-71-84(89)97-77-82(103-86(91)73-69-65-61-57-53-47-32-28-24-20-16-12-8-4)79-101-105(93,94)99-75-81(88)76-100-106(95,96)102-80-83(104-87(92)74-70-66-62-58-54-50-44-35-31-27-23-19-15-11-7-3)78-98-85(90)72-68-64-60-56-52-49-46-43-41-39-37-34-30-26-22-18-14-10-6-2/h9-10,13-14,21-22,25-27,31,33-34,36-37,40-43,48-49,51-52,81-83,88H,5-8,11-12,15-20,23-24,28-30,32,35,38-39,44-47,50,53-80H2,1-4H3,(H,93,94)(H,95,96)/b13-9-,14-10-,25-21-,26-22-,31-27-,36-33-,37-34-,42-40-,43-41-,51-48-,52-49-/t81-,82+,83+/m0/s1. The molecule has 19 heteroatoms. The summed E-state index contributed by atoms with van der Waals surface area (Å²) in [4.78, 5) is 73.1. The maximum absolute atomic E-state index is 13.1. The third-order valence-corrected chi connectivity index (χ3v) is 19.0. The molecule has 0 aromatic heterocycles. The summed E-state index contributed by atoms with van der Waals surface area (Å²) in [5.74, 6) is -2.24. The lowest BCUT2D eigenvalue weighted by atomic mass is 10.0. The summed E-state index contributed by atoms with van der Waals surface area (Å²) in [7, 11) is -9.98. The predicted molar refractivity (Wildman–Crippen MR) is 436 cm³/mol.